The van der Waals surface area contributed by atoms with Crippen LogP contribution in [0, 0.1) is 11.3 Å². The third-order valence-corrected chi connectivity index (χ3v) is 4.52. The van der Waals surface area contributed by atoms with E-state index in [2.05, 4.69) is 10.2 Å². The Morgan fingerprint density at radius 1 is 1.39 bits per heavy atom. The summed E-state index contributed by atoms with van der Waals surface area (Å²) in [5.74, 6) is 0.377. The van der Waals surface area contributed by atoms with Crippen molar-refractivity contribution in [2.24, 2.45) is 0 Å². The molecule has 1 N–H and O–H groups in total. The highest BCUT2D eigenvalue weighted by molar-refractivity contribution is 6.02. The third kappa shape index (κ3) is 4.85. The summed E-state index contributed by atoms with van der Waals surface area (Å²) in [6, 6.07) is 11.8. The van der Waals surface area contributed by atoms with Crippen LogP contribution in [0.4, 0.5) is 5.82 Å². The Balaban J connectivity index is 1.93. The van der Waals surface area contributed by atoms with Crippen molar-refractivity contribution in [3.05, 3.63) is 41.5 Å². The number of amides is 1. The maximum Gasteiger partial charge on any atom is 0.261 e. The number of pyridine rings is 1. The third-order valence-electron chi connectivity index (χ3n) is 4.52. The number of para-hydroxylation sites is 1. The average Bonchev–Trinajstić information content (AvgIpc) is 2.75. The van der Waals surface area contributed by atoms with Crippen molar-refractivity contribution in [2.45, 2.75) is 6.42 Å². The molecule has 0 saturated carbocycles. The number of anilines is 1. The molecular formula is C21H24N4O3. The van der Waals surface area contributed by atoms with Gasteiger partial charge >= 0.3 is 0 Å². The van der Waals surface area contributed by atoms with Gasteiger partial charge in [-0.3, -0.25) is 4.79 Å². The van der Waals surface area contributed by atoms with Crippen molar-refractivity contribution < 1.29 is 14.3 Å². The van der Waals surface area contributed by atoms with E-state index in [0.717, 1.165) is 35.4 Å². The Morgan fingerprint density at radius 3 is 2.93 bits per heavy atom. The van der Waals surface area contributed by atoms with Crippen LogP contribution in [0.5, 0.6) is 0 Å². The van der Waals surface area contributed by atoms with Gasteiger partial charge in [0.1, 0.15) is 17.5 Å². The van der Waals surface area contributed by atoms with Gasteiger partial charge in [-0.2, -0.15) is 5.26 Å². The van der Waals surface area contributed by atoms with Crippen LogP contribution >= 0.6 is 0 Å². The number of ether oxygens (including phenoxy) is 2. The lowest BCUT2D eigenvalue weighted by Gasteiger charge is -2.29. The first-order valence-corrected chi connectivity index (χ1v) is 9.34. The molecule has 7 nitrogen and oxygen atoms in total. The summed E-state index contributed by atoms with van der Waals surface area (Å²) < 4.78 is 10.4. The van der Waals surface area contributed by atoms with Crippen molar-refractivity contribution in [2.75, 3.05) is 51.5 Å². The first-order chi connectivity index (χ1) is 13.7. The highest BCUT2D eigenvalue weighted by Crippen LogP contribution is 2.26. The predicted molar refractivity (Wildman–Crippen MR) is 108 cm³/mol. The van der Waals surface area contributed by atoms with Gasteiger partial charge in [0.15, 0.2) is 0 Å². The van der Waals surface area contributed by atoms with Crippen LogP contribution in [-0.2, 0) is 14.3 Å². The van der Waals surface area contributed by atoms with Crippen molar-refractivity contribution in [1.29, 1.82) is 5.26 Å². The molecule has 1 aromatic heterocycles. The molecule has 1 fully saturated rings. The van der Waals surface area contributed by atoms with E-state index < -0.39 is 0 Å². The Bertz CT molecular complexity index is 898. The normalized spacial score (nSPS) is 14.7. The Kier molecular flexibility index (Phi) is 6.95. The average molecular weight is 380 g/mol. The van der Waals surface area contributed by atoms with Gasteiger partial charge in [-0.05, 0) is 24.6 Å². The van der Waals surface area contributed by atoms with Gasteiger partial charge < -0.3 is 19.7 Å². The van der Waals surface area contributed by atoms with Gasteiger partial charge in [-0.25, -0.2) is 4.98 Å². The summed E-state index contributed by atoms with van der Waals surface area (Å²) in [7, 11) is 1.61. The monoisotopic (exact) mass is 380 g/mol. The number of hydrogen-bond donors (Lipinski definition) is 1. The van der Waals surface area contributed by atoms with Crippen molar-refractivity contribution >= 4 is 28.7 Å². The smallest absolute Gasteiger partial charge is 0.261 e. The second kappa shape index (κ2) is 9.83. The number of carbonyl (C=O) groups excluding carboxylic acids is 1. The summed E-state index contributed by atoms with van der Waals surface area (Å²) in [6.45, 7) is 3.71. The number of nitrogens with zero attached hydrogens (tertiary/aromatic N) is 3. The number of rotatable bonds is 7. The van der Waals surface area contributed by atoms with Crippen molar-refractivity contribution in [1.82, 2.24) is 10.3 Å². The number of benzene rings is 1. The summed E-state index contributed by atoms with van der Waals surface area (Å²) in [5.41, 5.74) is 1.69. The molecule has 2 aromatic rings. The Hall–Kier alpha value is -2.95. The molecule has 1 aliphatic heterocycles. The van der Waals surface area contributed by atoms with Gasteiger partial charge in [-0.1, -0.05) is 18.2 Å². The van der Waals surface area contributed by atoms with E-state index in [4.69, 9.17) is 14.5 Å². The quantitative estimate of drug-likeness (QED) is 0.450. The van der Waals surface area contributed by atoms with E-state index >= 15 is 0 Å². The molecule has 3 rings (SSSR count). The van der Waals surface area contributed by atoms with Crippen LogP contribution in [0.2, 0.25) is 0 Å². The molecule has 28 heavy (non-hydrogen) atoms. The zero-order valence-corrected chi connectivity index (χ0v) is 16.0. The van der Waals surface area contributed by atoms with Gasteiger partial charge in [0, 0.05) is 44.3 Å². The van der Waals surface area contributed by atoms with Gasteiger partial charge in [-0.15, -0.1) is 0 Å². The topological polar surface area (TPSA) is 87.5 Å². The van der Waals surface area contributed by atoms with E-state index in [9.17, 15) is 10.1 Å². The molecule has 7 heteroatoms. The number of methoxy groups -OCH3 is 1. The summed E-state index contributed by atoms with van der Waals surface area (Å²) in [6.07, 6.45) is 2.31. The second-order valence-corrected chi connectivity index (χ2v) is 6.47. The maximum absolute atomic E-state index is 12.4. The van der Waals surface area contributed by atoms with Crippen LogP contribution in [0.1, 0.15) is 12.0 Å². The lowest BCUT2D eigenvalue weighted by molar-refractivity contribution is -0.117. The Morgan fingerprint density at radius 2 is 2.18 bits per heavy atom. The van der Waals surface area contributed by atoms with E-state index in [1.165, 1.54) is 0 Å². The molecule has 1 saturated heterocycles. The maximum atomic E-state index is 12.4. The van der Waals surface area contributed by atoms with Gasteiger partial charge in [0.05, 0.1) is 18.7 Å². The fraction of sp³-hybridized carbons (Fsp3) is 0.381. The number of nitrogens with one attached hydrogen (secondary N) is 1. The second-order valence-electron chi connectivity index (χ2n) is 6.47. The largest absolute Gasteiger partial charge is 0.385 e. The molecule has 0 bridgehead atoms. The summed E-state index contributed by atoms with van der Waals surface area (Å²) in [4.78, 5) is 19.3. The number of nitriles is 1. The zero-order valence-electron chi connectivity index (χ0n) is 16.0. The SMILES string of the molecule is COCCCNC(=O)/C(C#N)=C/c1cc2ccccc2nc1N1CCOCC1. The van der Waals surface area contributed by atoms with Crippen LogP contribution in [0.3, 0.4) is 0 Å². The number of morpholine rings is 1. The fourth-order valence-electron chi connectivity index (χ4n) is 3.07. The van der Waals surface area contributed by atoms with Gasteiger partial charge in [0.2, 0.25) is 0 Å². The van der Waals surface area contributed by atoms with E-state index in [1.54, 1.807) is 13.2 Å². The minimum atomic E-state index is -0.389. The molecule has 1 amide bonds. The van der Waals surface area contributed by atoms with Crippen molar-refractivity contribution in [3.63, 3.8) is 0 Å². The molecular weight excluding hydrogens is 356 g/mol. The molecule has 2 heterocycles. The minimum absolute atomic E-state index is 0.0593. The molecule has 1 aromatic carbocycles. The summed E-state index contributed by atoms with van der Waals surface area (Å²) in [5, 5.41) is 13.2. The molecule has 0 radical (unpaired) electrons. The fourth-order valence-corrected chi connectivity index (χ4v) is 3.07. The molecule has 1 aliphatic rings. The van der Waals surface area contributed by atoms with Crippen LogP contribution < -0.4 is 10.2 Å². The van der Waals surface area contributed by atoms with Crippen molar-refractivity contribution in [3.8, 4) is 6.07 Å². The Labute approximate surface area is 164 Å². The number of hydrogen-bond acceptors (Lipinski definition) is 6. The highest BCUT2D eigenvalue weighted by atomic mass is 16.5. The molecule has 0 spiro atoms. The molecule has 0 unspecified atom stereocenters. The number of carbonyl (C=O) groups is 1. The first kappa shape index (κ1) is 19.8. The lowest BCUT2D eigenvalue weighted by Crippen LogP contribution is -2.37. The molecule has 0 atom stereocenters. The molecule has 0 aliphatic carbocycles. The highest BCUT2D eigenvalue weighted by Gasteiger charge is 2.18. The molecule has 146 valence electrons. The first-order valence-electron chi connectivity index (χ1n) is 9.34. The van der Waals surface area contributed by atoms with Crippen LogP contribution in [0.15, 0.2) is 35.9 Å². The zero-order chi connectivity index (χ0) is 19.8. The van der Waals surface area contributed by atoms with E-state index in [-0.39, 0.29) is 11.5 Å². The number of fused-ring (bicyclic) bond motifs is 1. The van der Waals surface area contributed by atoms with Crippen LogP contribution in [0.25, 0.3) is 17.0 Å². The minimum Gasteiger partial charge on any atom is -0.385 e. The van der Waals surface area contributed by atoms with Gasteiger partial charge in [0.25, 0.3) is 5.91 Å². The number of aromatic nitrogens is 1. The van der Waals surface area contributed by atoms with E-state index in [0.29, 0.717) is 32.8 Å². The van der Waals surface area contributed by atoms with Crippen LogP contribution in [-0.4, -0.2) is 57.5 Å². The predicted octanol–water partition coefficient (Wildman–Crippen LogP) is 2.13. The summed E-state index contributed by atoms with van der Waals surface area (Å²) >= 11 is 0. The van der Waals surface area contributed by atoms with E-state index in [1.807, 2.05) is 36.4 Å². The lowest BCUT2D eigenvalue weighted by atomic mass is 10.1. The standard InChI is InChI=1S/C21H24N4O3/c1-27-10-4-7-23-21(26)18(15-22)14-17-13-16-5-2-3-6-19(16)24-20(17)25-8-11-28-12-9-25/h2-3,5-6,13-14H,4,7-12H2,1H3,(H,23,26)/b18-14+.